The lowest BCUT2D eigenvalue weighted by atomic mass is 10.3. The van der Waals surface area contributed by atoms with Gasteiger partial charge in [-0.2, -0.15) is 0 Å². The standard InChI is InChI=1S/C13H19NO3/c1-3-8-14-9-11(15)10-17-13-7-5-4-6-12(13)16-2/h3-7,11,14-15H,1,8-10H2,2H3/t11-/m1/s1. The number of ether oxygens (including phenoxy) is 2. The minimum absolute atomic E-state index is 0.227. The third kappa shape index (κ3) is 4.89. The molecule has 0 aromatic heterocycles. The Morgan fingerprint density at radius 1 is 1.41 bits per heavy atom. The molecular formula is C13H19NO3. The Balaban J connectivity index is 2.36. The van der Waals surface area contributed by atoms with Crippen molar-refractivity contribution in [1.82, 2.24) is 5.32 Å². The van der Waals surface area contributed by atoms with Crippen molar-refractivity contribution in [2.75, 3.05) is 26.8 Å². The fourth-order valence-corrected chi connectivity index (χ4v) is 1.33. The van der Waals surface area contributed by atoms with E-state index in [4.69, 9.17) is 9.47 Å². The Morgan fingerprint density at radius 3 is 2.76 bits per heavy atom. The molecule has 0 aliphatic carbocycles. The van der Waals surface area contributed by atoms with Crippen molar-refractivity contribution in [3.63, 3.8) is 0 Å². The van der Waals surface area contributed by atoms with Crippen LogP contribution in [-0.4, -0.2) is 38.0 Å². The number of aliphatic hydroxyl groups excluding tert-OH is 1. The molecule has 94 valence electrons. The molecule has 0 amide bonds. The normalized spacial score (nSPS) is 11.9. The van der Waals surface area contributed by atoms with Crippen molar-refractivity contribution in [2.45, 2.75) is 6.10 Å². The van der Waals surface area contributed by atoms with Gasteiger partial charge in [0.25, 0.3) is 0 Å². The van der Waals surface area contributed by atoms with Crippen LogP contribution in [0.4, 0.5) is 0 Å². The van der Waals surface area contributed by atoms with Crippen molar-refractivity contribution >= 4 is 0 Å². The lowest BCUT2D eigenvalue weighted by Crippen LogP contribution is -2.31. The van der Waals surface area contributed by atoms with Crippen molar-refractivity contribution in [3.05, 3.63) is 36.9 Å². The van der Waals surface area contributed by atoms with Gasteiger partial charge < -0.3 is 19.9 Å². The maximum Gasteiger partial charge on any atom is 0.161 e. The Kier molecular flexibility index (Phi) is 6.14. The zero-order chi connectivity index (χ0) is 12.5. The number of rotatable bonds is 8. The molecule has 0 heterocycles. The van der Waals surface area contributed by atoms with Gasteiger partial charge in [-0.15, -0.1) is 6.58 Å². The van der Waals surface area contributed by atoms with E-state index >= 15 is 0 Å². The number of hydrogen-bond donors (Lipinski definition) is 2. The lowest BCUT2D eigenvalue weighted by molar-refractivity contribution is 0.105. The summed E-state index contributed by atoms with van der Waals surface area (Å²) in [5, 5.41) is 12.7. The van der Waals surface area contributed by atoms with E-state index in [0.717, 1.165) is 0 Å². The molecule has 0 aliphatic rings. The Labute approximate surface area is 102 Å². The first-order chi connectivity index (χ1) is 8.27. The average molecular weight is 237 g/mol. The first-order valence-corrected chi connectivity index (χ1v) is 5.53. The van der Waals surface area contributed by atoms with Crippen LogP contribution in [0.25, 0.3) is 0 Å². The number of methoxy groups -OCH3 is 1. The van der Waals surface area contributed by atoms with Gasteiger partial charge >= 0.3 is 0 Å². The van der Waals surface area contributed by atoms with Gasteiger partial charge in [0, 0.05) is 13.1 Å². The summed E-state index contributed by atoms with van der Waals surface area (Å²) in [6.07, 6.45) is 1.19. The molecule has 2 N–H and O–H groups in total. The van der Waals surface area contributed by atoms with Crippen molar-refractivity contribution in [3.8, 4) is 11.5 Å². The number of nitrogens with one attached hydrogen (secondary N) is 1. The SMILES string of the molecule is C=CCNC[C@@H](O)COc1ccccc1OC. The largest absolute Gasteiger partial charge is 0.493 e. The Bertz CT molecular complexity index is 341. The van der Waals surface area contributed by atoms with Crippen LogP contribution in [0.5, 0.6) is 11.5 Å². The van der Waals surface area contributed by atoms with Gasteiger partial charge in [-0.1, -0.05) is 18.2 Å². The van der Waals surface area contributed by atoms with Gasteiger partial charge in [-0.25, -0.2) is 0 Å². The summed E-state index contributed by atoms with van der Waals surface area (Å²) >= 11 is 0. The smallest absolute Gasteiger partial charge is 0.161 e. The highest BCUT2D eigenvalue weighted by atomic mass is 16.5. The van der Waals surface area contributed by atoms with Gasteiger partial charge in [0.2, 0.25) is 0 Å². The second-order valence-electron chi connectivity index (χ2n) is 3.56. The molecule has 1 aromatic carbocycles. The predicted molar refractivity (Wildman–Crippen MR) is 67.6 cm³/mol. The van der Waals surface area contributed by atoms with Crippen molar-refractivity contribution in [2.24, 2.45) is 0 Å². The number of aliphatic hydroxyl groups is 1. The van der Waals surface area contributed by atoms with Gasteiger partial charge in [-0.05, 0) is 12.1 Å². The minimum Gasteiger partial charge on any atom is -0.493 e. The van der Waals surface area contributed by atoms with Crippen LogP contribution in [0.15, 0.2) is 36.9 Å². The van der Waals surface area contributed by atoms with Gasteiger partial charge in [-0.3, -0.25) is 0 Å². The predicted octanol–water partition coefficient (Wildman–Crippen LogP) is 1.21. The van der Waals surface area contributed by atoms with Gasteiger partial charge in [0.15, 0.2) is 11.5 Å². The molecule has 0 spiro atoms. The summed E-state index contributed by atoms with van der Waals surface area (Å²) in [4.78, 5) is 0. The third-order valence-electron chi connectivity index (χ3n) is 2.17. The minimum atomic E-state index is -0.556. The molecule has 1 rings (SSSR count). The second kappa shape index (κ2) is 7.70. The summed E-state index contributed by atoms with van der Waals surface area (Å²) in [5.74, 6) is 1.30. The second-order valence-corrected chi connectivity index (χ2v) is 3.56. The van der Waals surface area contributed by atoms with Crippen LogP contribution >= 0.6 is 0 Å². The molecule has 1 atom stereocenters. The van der Waals surface area contributed by atoms with Crippen molar-refractivity contribution in [1.29, 1.82) is 0 Å². The summed E-state index contributed by atoms with van der Waals surface area (Å²) < 4.78 is 10.6. The van der Waals surface area contributed by atoms with E-state index in [9.17, 15) is 5.11 Å². The Hall–Kier alpha value is -1.52. The third-order valence-corrected chi connectivity index (χ3v) is 2.17. The number of benzene rings is 1. The van der Waals surface area contributed by atoms with E-state index < -0.39 is 6.10 Å². The van der Waals surface area contributed by atoms with Crippen LogP contribution < -0.4 is 14.8 Å². The van der Waals surface area contributed by atoms with Gasteiger partial charge in [0.1, 0.15) is 12.7 Å². The summed E-state index contributed by atoms with van der Waals surface area (Å²) in [6, 6.07) is 7.36. The van der Waals surface area contributed by atoms with Gasteiger partial charge in [0.05, 0.1) is 7.11 Å². The molecule has 0 bridgehead atoms. The fourth-order valence-electron chi connectivity index (χ4n) is 1.33. The van der Waals surface area contributed by atoms with E-state index in [1.807, 2.05) is 24.3 Å². The molecule has 0 aliphatic heterocycles. The molecule has 0 fully saturated rings. The first kappa shape index (κ1) is 13.5. The van der Waals surface area contributed by atoms with Crippen LogP contribution in [0.3, 0.4) is 0 Å². The van der Waals surface area contributed by atoms with E-state index in [-0.39, 0.29) is 6.61 Å². The molecule has 17 heavy (non-hydrogen) atoms. The number of para-hydroxylation sites is 2. The quantitative estimate of drug-likeness (QED) is 0.527. The summed E-state index contributed by atoms with van der Waals surface area (Å²) in [7, 11) is 1.59. The highest BCUT2D eigenvalue weighted by molar-refractivity contribution is 5.39. The lowest BCUT2D eigenvalue weighted by Gasteiger charge is -2.14. The summed E-state index contributed by atoms with van der Waals surface area (Å²) in [6.45, 7) is 4.95. The van der Waals surface area contributed by atoms with E-state index in [2.05, 4.69) is 11.9 Å². The maximum atomic E-state index is 9.64. The molecular weight excluding hydrogens is 218 g/mol. The molecule has 0 saturated carbocycles. The van der Waals surface area contributed by atoms with Crippen LogP contribution in [0.2, 0.25) is 0 Å². The molecule has 4 heteroatoms. The number of hydrogen-bond acceptors (Lipinski definition) is 4. The van der Waals surface area contributed by atoms with E-state index in [1.165, 1.54) is 0 Å². The zero-order valence-corrected chi connectivity index (χ0v) is 10.1. The molecule has 0 radical (unpaired) electrons. The molecule has 4 nitrogen and oxygen atoms in total. The van der Waals surface area contributed by atoms with E-state index in [0.29, 0.717) is 24.6 Å². The van der Waals surface area contributed by atoms with Crippen LogP contribution in [0, 0.1) is 0 Å². The summed E-state index contributed by atoms with van der Waals surface area (Å²) in [5.41, 5.74) is 0. The molecule has 0 unspecified atom stereocenters. The molecule has 1 aromatic rings. The maximum absolute atomic E-state index is 9.64. The van der Waals surface area contributed by atoms with E-state index in [1.54, 1.807) is 13.2 Å². The topological polar surface area (TPSA) is 50.7 Å². The Morgan fingerprint density at radius 2 is 2.12 bits per heavy atom. The highest BCUT2D eigenvalue weighted by Gasteiger charge is 2.07. The first-order valence-electron chi connectivity index (χ1n) is 5.53. The fraction of sp³-hybridized carbons (Fsp3) is 0.385. The molecule has 0 saturated heterocycles. The average Bonchev–Trinajstić information content (AvgIpc) is 2.37. The monoisotopic (exact) mass is 237 g/mol. The van der Waals surface area contributed by atoms with Crippen LogP contribution in [-0.2, 0) is 0 Å². The highest BCUT2D eigenvalue weighted by Crippen LogP contribution is 2.25. The van der Waals surface area contributed by atoms with Crippen LogP contribution in [0.1, 0.15) is 0 Å². The zero-order valence-electron chi connectivity index (χ0n) is 10.1. The van der Waals surface area contributed by atoms with Crippen molar-refractivity contribution < 1.29 is 14.6 Å².